The number of rotatable bonds is 1. The third kappa shape index (κ3) is 6.61. The Bertz CT molecular complexity index is 520. The van der Waals surface area contributed by atoms with E-state index in [0.29, 0.717) is 0 Å². The molecule has 2 rings (SSSR count). The number of aryl methyl sites for hydroxylation is 1. The van der Waals surface area contributed by atoms with Gasteiger partial charge in [-0.15, -0.1) is 0 Å². The van der Waals surface area contributed by atoms with E-state index in [1.54, 1.807) is 0 Å². The number of halogens is 5. The van der Waals surface area contributed by atoms with Crippen LogP contribution in [0, 0.1) is 10.5 Å². The zero-order chi connectivity index (χ0) is 14.5. The lowest BCUT2D eigenvalue weighted by molar-refractivity contribution is -0.326. The zero-order valence-electron chi connectivity index (χ0n) is 10.1. The number of benzene rings is 2. The van der Waals surface area contributed by atoms with Gasteiger partial charge < -0.3 is 17.3 Å². The van der Waals surface area contributed by atoms with Crippen molar-refractivity contribution in [3.05, 3.63) is 57.7 Å². The second-order valence-electron chi connectivity index (χ2n) is 3.86. The Balaban J connectivity index is 0.000000312. The molecule has 0 saturated heterocycles. The van der Waals surface area contributed by atoms with Gasteiger partial charge in [-0.1, -0.05) is 42.0 Å². The standard InChI is InChI=1S/C13H12I.BF4/c1-10-7-8-13(14)12(9-10)11-5-3-2-4-6-11;2-1(3,4)5/h2-9,14H,1H3;/q+1;-1. The van der Waals surface area contributed by atoms with Crippen molar-refractivity contribution in [2.24, 2.45) is 0 Å². The molecule has 0 bridgehead atoms. The molecule has 0 fully saturated rings. The summed E-state index contributed by atoms with van der Waals surface area (Å²) in [5.41, 5.74) is 3.96. The molecule has 19 heavy (non-hydrogen) atoms. The predicted octanol–water partition coefficient (Wildman–Crippen LogP) is 1.42. The Labute approximate surface area is 123 Å². The van der Waals surface area contributed by atoms with E-state index in [4.69, 9.17) is 0 Å². The highest BCUT2D eigenvalue weighted by atomic mass is 127. The Kier molecular flexibility index (Phi) is 5.84. The summed E-state index contributed by atoms with van der Waals surface area (Å²) in [5.74, 6) is 0. The molecule has 0 radical (unpaired) electrons. The van der Waals surface area contributed by atoms with Crippen molar-refractivity contribution >= 4 is 7.25 Å². The number of hydrogen-bond donors (Lipinski definition) is 0. The smallest absolute Gasteiger partial charge is 0.418 e. The topological polar surface area (TPSA) is 0 Å². The molecular formula is C13H12BF4I. The molecule has 0 nitrogen and oxygen atoms in total. The first-order valence-electron chi connectivity index (χ1n) is 5.48. The molecule has 0 aromatic heterocycles. The first-order valence-corrected chi connectivity index (χ1v) is 6.64. The maximum atomic E-state index is 9.75. The van der Waals surface area contributed by atoms with Gasteiger partial charge in [0.1, 0.15) is 0 Å². The van der Waals surface area contributed by atoms with Crippen LogP contribution in [0.4, 0.5) is 17.3 Å². The van der Waals surface area contributed by atoms with Gasteiger partial charge in [-0.2, -0.15) is 0 Å². The third-order valence-corrected chi connectivity index (χ3v) is 3.24. The summed E-state index contributed by atoms with van der Waals surface area (Å²) in [4.78, 5) is 0. The van der Waals surface area contributed by atoms with Gasteiger partial charge in [0, 0.05) is 5.56 Å². The Morgan fingerprint density at radius 2 is 1.42 bits per heavy atom. The van der Waals surface area contributed by atoms with Crippen molar-refractivity contribution in [2.45, 2.75) is 6.92 Å². The molecule has 2 aromatic rings. The van der Waals surface area contributed by atoms with E-state index >= 15 is 0 Å². The van der Waals surface area contributed by atoms with E-state index in [1.807, 2.05) is 0 Å². The summed E-state index contributed by atoms with van der Waals surface area (Å²) < 4.78 is 40.3. The highest BCUT2D eigenvalue weighted by Crippen LogP contribution is 2.19. The van der Waals surface area contributed by atoms with Crippen LogP contribution in [-0.4, -0.2) is 7.25 Å². The van der Waals surface area contributed by atoms with Crippen molar-refractivity contribution in [1.82, 2.24) is 0 Å². The van der Waals surface area contributed by atoms with Crippen LogP contribution >= 0.6 is 0 Å². The first-order chi connectivity index (χ1) is 8.77. The molecule has 2 aromatic carbocycles. The van der Waals surface area contributed by atoms with Crippen LogP contribution < -0.4 is 22.6 Å². The van der Waals surface area contributed by atoms with Crippen LogP contribution in [-0.2, 0) is 0 Å². The molecule has 0 aliphatic carbocycles. The molecule has 0 amide bonds. The van der Waals surface area contributed by atoms with Gasteiger partial charge >= 0.3 is 7.25 Å². The molecule has 0 saturated carbocycles. The quantitative estimate of drug-likeness (QED) is 0.398. The maximum absolute atomic E-state index is 9.75. The lowest BCUT2D eigenvalue weighted by Gasteiger charge is -2.01. The highest BCUT2D eigenvalue weighted by molar-refractivity contribution is 6.50. The fourth-order valence-corrected chi connectivity index (χ4v) is 2.19. The van der Waals surface area contributed by atoms with Crippen LogP contribution in [0.15, 0.2) is 48.5 Å². The monoisotopic (exact) mass is 382 g/mol. The Hall–Kier alpha value is -1.05. The summed E-state index contributed by atoms with van der Waals surface area (Å²) in [7, 11) is -6.00. The molecule has 6 heteroatoms. The van der Waals surface area contributed by atoms with Gasteiger partial charge in [0.25, 0.3) is 22.6 Å². The normalized spacial score (nSPS) is 10.6. The van der Waals surface area contributed by atoms with Gasteiger partial charge in [-0.3, -0.25) is 0 Å². The second kappa shape index (κ2) is 6.93. The van der Waals surface area contributed by atoms with Crippen LogP contribution in [0.5, 0.6) is 0 Å². The van der Waals surface area contributed by atoms with Crippen LogP contribution in [0.3, 0.4) is 0 Å². The minimum absolute atomic E-state index is 1.30. The molecule has 0 aliphatic heterocycles. The predicted molar refractivity (Wildman–Crippen MR) is 66.9 cm³/mol. The molecule has 0 spiro atoms. The molecule has 0 heterocycles. The van der Waals surface area contributed by atoms with Crippen LogP contribution in [0.25, 0.3) is 11.1 Å². The fourth-order valence-electron chi connectivity index (χ4n) is 1.49. The van der Waals surface area contributed by atoms with Crippen LogP contribution in [0.2, 0.25) is 0 Å². The van der Waals surface area contributed by atoms with Crippen molar-refractivity contribution in [2.75, 3.05) is 0 Å². The molecule has 0 unspecified atom stereocenters. The average molecular weight is 382 g/mol. The van der Waals surface area contributed by atoms with Crippen molar-refractivity contribution in [3.63, 3.8) is 0 Å². The fraction of sp³-hybridized carbons (Fsp3) is 0.0769. The Morgan fingerprint density at radius 1 is 0.895 bits per heavy atom. The van der Waals surface area contributed by atoms with Gasteiger partial charge in [0.15, 0.2) is 3.57 Å². The third-order valence-electron chi connectivity index (χ3n) is 2.22. The van der Waals surface area contributed by atoms with E-state index < -0.39 is 7.25 Å². The summed E-state index contributed by atoms with van der Waals surface area (Å²) in [6.07, 6.45) is 0. The van der Waals surface area contributed by atoms with E-state index in [9.17, 15) is 17.3 Å². The lowest BCUT2D eigenvalue weighted by atomic mass is 10.0. The van der Waals surface area contributed by atoms with Crippen LogP contribution in [0.1, 0.15) is 5.56 Å². The lowest BCUT2D eigenvalue weighted by Crippen LogP contribution is -3.34. The molecule has 0 atom stereocenters. The van der Waals surface area contributed by atoms with Gasteiger partial charge in [-0.25, -0.2) is 0 Å². The maximum Gasteiger partial charge on any atom is 0.673 e. The van der Waals surface area contributed by atoms with Gasteiger partial charge in [0.05, 0.1) is 0 Å². The van der Waals surface area contributed by atoms with E-state index in [-0.39, 0.29) is 0 Å². The van der Waals surface area contributed by atoms with Crippen molar-refractivity contribution in [3.8, 4) is 11.1 Å². The summed E-state index contributed by atoms with van der Waals surface area (Å²) in [5, 5.41) is 0. The van der Waals surface area contributed by atoms with Gasteiger partial charge in [0.2, 0.25) is 0 Å². The highest BCUT2D eigenvalue weighted by Gasteiger charge is 2.20. The summed E-state index contributed by atoms with van der Waals surface area (Å²) in [6, 6.07) is 17.1. The van der Waals surface area contributed by atoms with Gasteiger partial charge in [-0.05, 0) is 24.6 Å². The molecule has 0 N–H and O–H groups in total. The second-order valence-corrected chi connectivity index (χ2v) is 5.12. The minimum atomic E-state index is -6.00. The van der Waals surface area contributed by atoms with Crippen molar-refractivity contribution < 1.29 is 39.9 Å². The van der Waals surface area contributed by atoms with E-state index in [1.165, 1.54) is 20.3 Å². The first kappa shape index (κ1) is 16.0. The van der Waals surface area contributed by atoms with Crippen molar-refractivity contribution in [1.29, 1.82) is 0 Å². The molecule has 0 aliphatic rings. The largest absolute Gasteiger partial charge is 0.673 e. The van der Waals surface area contributed by atoms with E-state index in [2.05, 4.69) is 78.0 Å². The van der Waals surface area contributed by atoms with E-state index in [0.717, 1.165) is 0 Å². The Morgan fingerprint density at radius 3 is 1.95 bits per heavy atom. The summed E-state index contributed by atoms with van der Waals surface area (Å²) >= 11 is 2.08. The minimum Gasteiger partial charge on any atom is -0.418 e. The SMILES string of the molecule is Cc1ccc([IH+])c(-c2ccccc2)c1.F[B-](F)(F)F. The average Bonchev–Trinajstić information content (AvgIpc) is 2.31. The zero-order valence-corrected chi connectivity index (χ0v) is 12.4. The molecular weight excluding hydrogens is 370 g/mol. The number of hydrogen-bond acceptors (Lipinski definition) is 0. The summed E-state index contributed by atoms with van der Waals surface area (Å²) in [6.45, 7) is 2.13. The molecule has 102 valence electrons.